The first-order valence-electron chi connectivity index (χ1n) is 12.4. The molecule has 1 atom stereocenters. The van der Waals surface area contributed by atoms with E-state index in [1.165, 1.54) is 0 Å². The number of hydrogen-bond donors (Lipinski definition) is 3. The maximum atomic E-state index is 13.0. The number of amidine groups is 1. The van der Waals surface area contributed by atoms with Crippen LogP contribution < -0.4 is 16.0 Å². The van der Waals surface area contributed by atoms with Gasteiger partial charge in [-0.05, 0) is 31.0 Å². The number of piperidine rings is 1. The molecular formula is C28H29N7O3. The van der Waals surface area contributed by atoms with Gasteiger partial charge < -0.3 is 25.4 Å². The summed E-state index contributed by atoms with van der Waals surface area (Å²) in [6.07, 6.45) is 2.43. The Kier molecular flexibility index (Phi) is 7.41. The minimum absolute atomic E-state index is 0.215. The number of hydrogen-bond acceptors (Lipinski definition) is 8. The molecule has 10 heteroatoms. The number of aromatic nitrogens is 1. The number of anilines is 2. The van der Waals surface area contributed by atoms with Crippen molar-refractivity contribution >= 4 is 35.0 Å². The summed E-state index contributed by atoms with van der Waals surface area (Å²) in [4.78, 5) is 28.5. The number of pyridine rings is 1. The molecule has 0 aliphatic carbocycles. The number of ether oxygens (including phenoxy) is 2. The third-order valence-corrected chi connectivity index (χ3v) is 6.54. The van der Waals surface area contributed by atoms with Crippen LogP contribution in [0.4, 0.5) is 11.5 Å². The molecule has 1 fully saturated rings. The molecule has 1 unspecified atom stereocenters. The van der Waals surface area contributed by atoms with Gasteiger partial charge in [-0.2, -0.15) is 4.99 Å². The highest BCUT2D eigenvalue weighted by molar-refractivity contribution is 6.19. The number of rotatable bonds is 5. The van der Waals surface area contributed by atoms with Crippen LogP contribution in [0.25, 0.3) is 0 Å². The number of nitrogens with zero attached hydrogens (tertiary/aromatic N) is 4. The highest BCUT2D eigenvalue weighted by Gasteiger charge is 2.27. The zero-order chi connectivity index (χ0) is 26.5. The van der Waals surface area contributed by atoms with Crippen LogP contribution in [0.3, 0.4) is 0 Å². The standard InChI is InChI=1S/C28H29N7O3/c1-37-19-13-16-35(17-14-19)26-21(11-7-15-31-26)24(29)38-28(30)34-25-27(36)32-22-12-6-5-10-20(22)23(33-25)18-8-3-2-4-9-18/h2-12,15,19,25,29H,13-14,16-17H2,1H3,(H2,30,34)(H,32,36). The number of carbonyl (C=O) groups is 1. The summed E-state index contributed by atoms with van der Waals surface area (Å²) in [6.45, 7) is 1.50. The molecular weight excluding hydrogens is 482 g/mol. The number of methoxy groups -OCH3 is 1. The van der Waals surface area contributed by atoms with Crippen LogP contribution in [0, 0.1) is 5.41 Å². The number of nitrogens with two attached hydrogens (primary N) is 1. The van der Waals surface area contributed by atoms with Crippen molar-refractivity contribution in [3.63, 3.8) is 0 Å². The maximum Gasteiger partial charge on any atom is 0.291 e. The molecule has 4 N–H and O–H groups in total. The van der Waals surface area contributed by atoms with Crippen molar-refractivity contribution in [2.24, 2.45) is 15.7 Å². The molecule has 10 nitrogen and oxygen atoms in total. The number of amides is 1. The number of aliphatic imine (C=N–C) groups is 2. The monoisotopic (exact) mass is 511 g/mol. The van der Waals surface area contributed by atoms with E-state index in [1.54, 1.807) is 25.4 Å². The van der Waals surface area contributed by atoms with Crippen molar-refractivity contribution in [1.29, 1.82) is 5.41 Å². The lowest BCUT2D eigenvalue weighted by Crippen LogP contribution is -2.38. The van der Waals surface area contributed by atoms with E-state index in [1.807, 2.05) is 54.6 Å². The van der Waals surface area contributed by atoms with Gasteiger partial charge in [0, 0.05) is 37.5 Å². The molecule has 3 aromatic rings. The van der Waals surface area contributed by atoms with Crippen LogP contribution >= 0.6 is 0 Å². The average Bonchev–Trinajstić information content (AvgIpc) is 3.09. The summed E-state index contributed by atoms with van der Waals surface area (Å²) < 4.78 is 11.1. The summed E-state index contributed by atoms with van der Waals surface area (Å²) in [5.74, 6) is -0.0377. The van der Waals surface area contributed by atoms with Crippen LogP contribution in [-0.4, -0.2) is 61.0 Å². The predicted molar refractivity (Wildman–Crippen MR) is 147 cm³/mol. The zero-order valence-corrected chi connectivity index (χ0v) is 21.0. The normalized spacial score (nSPS) is 18.2. The van der Waals surface area contributed by atoms with Gasteiger partial charge in [-0.3, -0.25) is 10.2 Å². The number of benzene rings is 2. The van der Waals surface area contributed by atoms with E-state index in [4.69, 9.17) is 20.6 Å². The van der Waals surface area contributed by atoms with Crippen molar-refractivity contribution in [3.05, 3.63) is 89.6 Å². The Balaban J connectivity index is 1.39. The topological polar surface area (TPSA) is 138 Å². The highest BCUT2D eigenvalue weighted by Crippen LogP contribution is 2.25. The Morgan fingerprint density at radius 3 is 2.58 bits per heavy atom. The fourth-order valence-corrected chi connectivity index (χ4v) is 4.60. The van der Waals surface area contributed by atoms with Crippen molar-refractivity contribution < 1.29 is 14.3 Å². The number of benzodiazepines with no additional fused rings is 1. The number of para-hydroxylation sites is 1. The van der Waals surface area contributed by atoms with Crippen molar-refractivity contribution in [1.82, 2.24) is 4.98 Å². The van der Waals surface area contributed by atoms with E-state index < -0.39 is 12.1 Å². The lowest BCUT2D eigenvalue weighted by molar-refractivity contribution is -0.117. The largest absolute Gasteiger partial charge is 0.407 e. The smallest absolute Gasteiger partial charge is 0.291 e. The molecule has 2 aromatic carbocycles. The van der Waals surface area contributed by atoms with E-state index in [0.29, 0.717) is 22.8 Å². The van der Waals surface area contributed by atoms with E-state index in [0.717, 1.165) is 37.1 Å². The molecule has 0 bridgehead atoms. The van der Waals surface area contributed by atoms with E-state index in [2.05, 4.69) is 25.2 Å². The molecule has 2 aliphatic rings. The second kappa shape index (κ2) is 11.2. The maximum absolute atomic E-state index is 13.0. The summed E-state index contributed by atoms with van der Waals surface area (Å²) in [6, 6.07) is 20.1. The molecule has 0 spiro atoms. The van der Waals surface area contributed by atoms with Gasteiger partial charge in [-0.25, -0.2) is 9.98 Å². The number of carbonyl (C=O) groups excluding carboxylic acids is 1. The lowest BCUT2D eigenvalue weighted by Gasteiger charge is -2.33. The third-order valence-electron chi connectivity index (χ3n) is 6.54. The molecule has 0 radical (unpaired) electrons. The first kappa shape index (κ1) is 25.1. The van der Waals surface area contributed by atoms with Crippen molar-refractivity contribution in [3.8, 4) is 0 Å². The molecule has 1 aromatic heterocycles. The Labute approximate surface area is 220 Å². The van der Waals surface area contributed by atoms with Crippen LogP contribution in [0.5, 0.6) is 0 Å². The molecule has 1 amide bonds. The Morgan fingerprint density at radius 1 is 1.08 bits per heavy atom. The van der Waals surface area contributed by atoms with Crippen molar-refractivity contribution in [2.75, 3.05) is 30.4 Å². The average molecular weight is 512 g/mol. The van der Waals surface area contributed by atoms with E-state index >= 15 is 0 Å². The van der Waals surface area contributed by atoms with Crippen LogP contribution in [0.1, 0.15) is 29.5 Å². The van der Waals surface area contributed by atoms with Gasteiger partial charge in [0.15, 0.2) is 0 Å². The summed E-state index contributed by atoms with van der Waals surface area (Å²) in [5.41, 5.74) is 9.41. The third kappa shape index (κ3) is 5.40. The molecule has 3 heterocycles. The van der Waals surface area contributed by atoms with Gasteiger partial charge in [-0.15, -0.1) is 0 Å². The molecule has 0 saturated carbocycles. The quantitative estimate of drug-likeness (QED) is 0.355. The van der Waals surface area contributed by atoms with Gasteiger partial charge in [0.2, 0.25) is 12.1 Å². The molecule has 194 valence electrons. The second-order valence-electron chi connectivity index (χ2n) is 8.95. The predicted octanol–water partition coefficient (Wildman–Crippen LogP) is 3.17. The molecule has 38 heavy (non-hydrogen) atoms. The number of fused-ring (bicyclic) bond motifs is 1. The SMILES string of the molecule is COC1CCN(c2ncccc2C(=N)OC(N)=NC2N=C(c3ccccc3)c3ccccc3NC2=O)CC1. The Morgan fingerprint density at radius 2 is 1.82 bits per heavy atom. The van der Waals surface area contributed by atoms with Gasteiger partial charge >= 0.3 is 0 Å². The summed E-state index contributed by atoms with van der Waals surface area (Å²) >= 11 is 0. The second-order valence-corrected chi connectivity index (χ2v) is 8.95. The van der Waals surface area contributed by atoms with Crippen LogP contribution in [-0.2, 0) is 14.3 Å². The summed E-state index contributed by atoms with van der Waals surface area (Å²) in [7, 11) is 1.72. The highest BCUT2D eigenvalue weighted by atomic mass is 16.5. The van der Waals surface area contributed by atoms with Gasteiger partial charge in [0.05, 0.1) is 23.1 Å². The zero-order valence-electron chi connectivity index (χ0n) is 21.0. The fraction of sp³-hybridized carbons (Fsp3) is 0.250. The lowest BCUT2D eigenvalue weighted by atomic mass is 10.0. The van der Waals surface area contributed by atoms with E-state index in [-0.39, 0.29) is 18.0 Å². The van der Waals surface area contributed by atoms with Gasteiger partial charge in [0.1, 0.15) is 5.82 Å². The van der Waals surface area contributed by atoms with Gasteiger partial charge in [-0.1, -0.05) is 48.5 Å². The van der Waals surface area contributed by atoms with Crippen LogP contribution in [0.2, 0.25) is 0 Å². The minimum Gasteiger partial charge on any atom is -0.407 e. The molecule has 2 aliphatic heterocycles. The Hall–Kier alpha value is -4.57. The molecule has 1 saturated heterocycles. The van der Waals surface area contributed by atoms with Crippen LogP contribution in [0.15, 0.2) is 82.9 Å². The summed E-state index contributed by atoms with van der Waals surface area (Å²) in [5, 5.41) is 11.4. The number of nitrogens with one attached hydrogen (secondary N) is 2. The first-order chi connectivity index (χ1) is 18.5. The molecule has 5 rings (SSSR count). The first-order valence-corrected chi connectivity index (χ1v) is 12.4. The van der Waals surface area contributed by atoms with E-state index in [9.17, 15) is 4.79 Å². The Bertz CT molecular complexity index is 1380. The fourth-order valence-electron chi connectivity index (χ4n) is 4.60. The minimum atomic E-state index is -1.20. The van der Waals surface area contributed by atoms with Crippen molar-refractivity contribution in [2.45, 2.75) is 25.1 Å². The van der Waals surface area contributed by atoms with Gasteiger partial charge in [0.25, 0.3) is 11.9 Å².